The van der Waals surface area contributed by atoms with Gasteiger partial charge in [0.15, 0.2) is 5.78 Å². The van der Waals surface area contributed by atoms with E-state index in [1.807, 2.05) is 0 Å². The summed E-state index contributed by atoms with van der Waals surface area (Å²) in [5.41, 5.74) is 0.758. The highest BCUT2D eigenvalue weighted by atomic mass is 35.5. The van der Waals surface area contributed by atoms with Crippen molar-refractivity contribution in [3.63, 3.8) is 0 Å². The Morgan fingerprint density at radius 2 is 1.77 bits per heavy atom. The van der Waals surface area contributed by atoms with E-state index in [2.05, 4.69) is 6.58 Å². The van der Waals surface area contributed by atoms with Crippen LogP contribution in [0.3, 0.4) is 0 Å². The fourth-order valence-corrected chi connectivity index (χ4v) is 1.50. The number of halogens is 2. The number of ketones is 1. The van der Waals surface area contributed by atoms with Crippen molar-refractivity contribution in [3.05, 3.63) is 46.0 Å². The molecule has 0 heterocycles. The van der Waals surface area contributed by atoms with Gasteiger partial charge in [-0.15, -0.1) is 0 Å². The van der Waals surface area contributed by atoms with Gasteiger partial charge < -0.3 is 0 Å². The third-order valence-corrected chi connectivity index (χ3v) is 2.21. The van der Waals surface area contributed by atoms with Gasteiger partial charge in [0, 0.05) is 0 Å². The summed E-state index contributed by atoms with van der Waals surface area (Å²) < 4.78 is 0. The Morgan fingerprint density at radius 1 is 1.31 bits per heavy atom. The molecule has 0 unspecified atom stereocenters. The first-order valence-corrected chi connectivity index (χ1v) is 4.44. The Hall–Kier alpha value is -0.790. The largest absolute Gasteiger partial charge is 0.289 e. The van der Waals surface area contributed by atoms with E-state index < -0.39 is 0 Å². The minimum absolute atomic E-state index is 0.212. The molecule has 0 saturated heterocycles. The molecule has 0 aliphatic rings. The maximum absolute atomic E-state index is 11.5. The van der Waals surface area contributed by atoms with Crippen LogP contribution in [0.25, 0.3) is 0 Å². The van der Waals surface area contributed by atoms with Crippen LogP contribution in [0.5, 0.6) is 0 Å². The highest BCUT2D eigenvalue weighted by Crippen LogP contribution is 2.26. The number of benzene rings is 1. The Kier molecular flexibility index (Phi) is 3.12. The van der Waals surface area contributed by atoms with Crippen molar-refractivity contribution < 1.29 is 4.79 Å². The summed E-state index contributed by atoms with van der Waals surface area (Å²) in [6.45, 7) is 5.17. The van der Waals surface area contributed by atoms with E-state index in [4.69, 9.17) is 23.2 Å². The standard InChI is InChI=1S/C10H8Cl2O/c1-6(2)10(13)9-7(11)4-3-5-8(9)12/h3-5H,1H2,2H3. The lowest BCUT2D eigenvalue weighted by Gasteiger charge is -2.04. The van der Waals surface area contributed by atoms with E-state index in [1.165, 1.54) is 0 Å². The fraction of sp³-hybridized carbons (Fsp3) is 0.100. The van der Waals surface area contributed by atoms with Crippen LogP contribution in [0.1, 0.15) is 17.3 Å². The minimum atomic E-state index is -0.212. The fourth-order valence-electron chi connectivity index (χ4n) is 0.928. The molecule has 0 saturated carbocycles. The molecule has 0 aliphatic heterocycles. The molecule has 68 valence electrons. The molecule has 0 radical (unpaired) electrons. The summed E-state index contributed by atoms with van der Waals surface area (Å²) in [5, 5.41) is 0.723. The van der Waals surface area contributed by atoms with Crippen molar-refractivity contribution >= 4 is 29.0 Å². The van der Waals surface area contributed by atoms with Crippen LogP contribution in [0.15, 0.2) is 30.4 Å². The van der Waals surface area contributed by atoms with Crippen molar-refractivity contribution in [2.75, 3.05) is 0 Å². The molecule has 0 fully saturated rings. The van der Waals surface area contributed by atoms with Gasteiger partial charge in [-0.3, -0.25) is 4.79 Å². The van der Waals surface area contributed by atoms with Crippen molar-refractivity contribution in [3.8, 4) is 0 Å². The topological polar surface area (TPSA) is 17.1 Å². The summed E-state index contributed by atoms with van der Waals surface area (Å²) in [5.74, 6) is -0.212. The summed E-state index contributed by atoms with van der Waals surface area (Å²) in [7, 11) is 0. The van der Waals surface area contributed by atoms with Crippen molar-refractivity contribution in [2.24, 2.45) is 0 Å². The monoisotopic (exact) mass is 214 g/mol. The average molecular weight is 215 g/mol. The van der Waals surface area contributed by atoms with Crippen LogP contribution in [0.4, 0.5) is 0 Å². The molecule has 0 N–H and O–H groups in total. The minimum Gasteiger partial charge on any atom is -0.289 e. The number of allylic oxidation sites excluding steroid dienone is 1. The zero-order chi connectivity index (χ0) is 10.0. The lowest BCUT2D eigenvalue weighted by molar-refractivity contribution is 0.103. The van der Waals surface area contributed by atoms with Gasteiger partial charge in [0.1, 0.15) is 0 Å². The average Bonchev–Trinajstić information content (AvgIpc) is 2.03. The predicted octanol–water partition coefficient (Wildman–Crippen LogP) is 3.75. The van der Waals surface area contributed by atoms with Gasteiger partial charge in [-0.05, 0) is 24.6 Å². The van der Waals surface area contributed by atoms with Crippen LogP contribution in [-0.2, 0) is 0 Å². The second-order valence-electron chi connectivity index (χ2n) is 2.71. The molecule has 0 aliphatic carbocycles. The number of carbonyl (C=O) groups is 1. The van der Waals surface area contributed by atoms with E-state index in [0.29, 0.717) is 21.2 Å². The highest BCUT2D eigenvalue weighted by molar-refractivity contribution is 6.40. The lowest BCUT2D eigenvalue weighted by atomic mass is 10.1. The number of hydrogen-bond donors (Lipinski definition) is 0. The van der Waals surface area contributed by atoms with Crippen molar-refractivity contribution in [1.29, 1.82) is 0 Å². The first kappa shape index (κ1) is 10.3. The zero-order valence-corrected chi connectivity index (χ0v) is 8.62. The Morgan fingerprint density at radius 3 is 2.15 bits per heavy atom. The second kappa shape index (κ2) is 3.95. The van der Waals surface area contributed by atoms with Gasteiger partial charge in [-0.25, -0.2) is 0 Å². The van der Waals surface area contributed by atoms with Gasteiger partial charge in [-0.1, -0.05) is 35.8 Å². The van der Waals surface area contributed by atoms with E-state index in [9.17, 15) is 4.79 Å². The van der Waals surface area contributed by atoms with Crippen LogP contribution in [-0.4, -0.2) is 5.78 Å². The summed E-state index contributed by atoms with van der Waals surface area (Å²) in [6.07, 6.45) is 0. The summed E-state index contributed by atoms with van der Waals surface area (Å²) >= 11 is 11.6. The van der Waals surface area contributed by atoms with Crippen molar-refractivity contribution in [2.45, 2.75) is 6.92 Å². The zero-order valence-electron chi connectivity index (χ0n) is 7.10. The Labute approximate surface area is 87.0 Å². The molecule has 1 aromatic carbocycles. The highest BCUT2D eigenvalue weighted by Gasteiger charge is 2.14. The number of Topliss-reactive ketones (excluding diaryl/α,β-unsaturated/α-hetero) is 1. The van der Waals surface area contributed by atoms with E-state index in [1.54, 1.807) is 25.1 Å². The quantitative estimate of drug-likeness (QED) is 0.542. The van der Waals surface area contributed by atoms with Gasteiger partial charge in [0.25, 0.3) is 0 Å². The molecular formula is C10H8Cl2O. The third kappa shape index (κ3) is 2.11. The van der Waals surface area contributed by atoms with Gasteiger partial charge >= 0.3 is 0 Å². The second-order valence-corrected chi connectivity index (χ2v) is 3.52. The molecule has 1 rings (SSSR count). The molecule has 0 amide bonds. The van der Waals surface area contributed by atoms with E-state index in [0.717, 1.165) is 0 Å². The molecule has 1 aromatic rings. The van der Waals surface area contributed by atoms with Crippen LogP contribution in [0.2, 0.25) is 10.0 Å². The molecule has 0 aromatic heterocycles. The van der Waals surface area contributed by atoms with Gasteiger partial charge in [0.2, 0.25) is 0 Å². The molecule has 3 heteroatoms. The Balaban J connectivity index is 3.28. The summed E-state index contributed by atoms with van der Waals surface area (Å²) in [4.78, 5) is 11.5. The van der Waals surface area contributed by atoms with Crippen LogP contribution in [0, 0.1) is 0 Å². The molecule has 0 spiro atoms. The number of carbonyl (C=O) groups excluding carboxylic acids is 1. The molecule has 0 atom stereocenters. The first-order valence-electron chi connectivity index (χ1n) is 3.68. The normalized spacial score (nSPS) is 9.77. The first-order chi connectivity index (χ1) is 6.04. The van der Waals surface area contributed by atoms with E-state index >= 15 is 0 Å². The molecule has 0 bridgehead atoms. The SMILES string of the molecule is C=C(C)C(=O)c1c(Cl)cccc1Cl. The smallest absolute Gasteiger partial charge is 0.191 e. The Bertz CT molecular complexity index is 349. The van der Waals surface area contributed by atoms with Crippen molar-refractivity contribution in [1.82, 2.24) is 0 Å². The molecule has 1 nitrogen and oxygen atoms in total. The summed E-state index contributed by atoms with van der Waals surface area (Å²) in [6, 6.07) is 4.95. The van der Waals surface area contributed by atoms with Crippen LogP contribution >= 0.6 is 23.2 Å². The number of hydrogen-bond acceptors (Lipinski definition) is 1. The van der Waals surface area contributed by atoms with Gasteiger partial charge in [-0.2, -0.15) is 0 Å². The molecular weight excluding hydrogens is 207 g/mol. The number of rotatable bonds is 2. The lowest BCUT2D eigenvalue weighted by Crippen LogP contribution is -2.01. The van der Waals surface area contributed by atoms with E-state index in [-0.39, 0.29) is 5.78 Å². The molecule has 13 heavy (non-hydrogen) atoms. The third-order valence-electron chi connectivity index (χ3n) is 1.58. The van der Waals surface area contributed by atoms with Gasteiger partial charge in [0.05, 0.1) is 15.6 Å². The maximum atomic E-state index is 11.5. The van der Waals surface area contributed by atoms with Crippen LogP contribution < -0.4 is 0 Å². The predicted molar refractivity (Wildman–Crippen MR) is 55.6 cm³/mol. The maximum Gasteiger partial charge on any atom is 0.191 e.